The average molecular weight is 383 g/mol. The van der Waals surface area contributed by atoms with Gasteiger partial charge >= 0.3 is 6.18 Å². The van der Waals surface area contributed by atoms with Gasteiger partial charge < -0.3 is 4.74 Å². The average Bonchev–Trinajstić information content (AvgIpc) is 2.93. The highest BCUT2D eigenvalue weighted by Crippen LogP contribution is 2.34. The number of nitrogens with zero attached hydrogens (tertiary/aromatic N) is 5. The van der Waals surface area contributed by atoms with E-state index >= 15 is 0 Å². The van der Waals surface area contributed by atoms with Crippen LogP contribution in [0, 0.1) is 0 Å². The summed E-state index contributed by atoms with van der Waals surface area (Å²) in [5.41, 5.74) is -0.101. The minimum Gasteiger partial charge on any atom is -0.383 e. The first-order valence-electron chi connectivity index (χ1n) is 9.17. The molecule has 1 aromatic heterocycles. The number of hydrogen-bond donors (Lipinski definition) is 0. The third kappa shape index (κ3) is 4.84. The van der Waals surface area contributed by atoms with Crippen LogP contribution in [0.3, 0.4) is 0 Å². The van der Waals surface area contributed by atoms with Crippen molar-refractivity contribution < 1.29 is 17.9 Å². The fraction of sp³-hybridized carbons (Fsp3) is 0.611. The van der Waals surface area contributed by atoms with E-state index in [1.807, 2.05) is 0 Å². The molecule has 2 aromatic rings. The molecule has 0 spiro atoms. The molecule has 1 aliphatic heterocycles. The molecule has 1 aromatic carbocycles. The molecule has 9 heteroatoms. The van der Waals surface area contributed by atoms with E-state index in [4.69, 9.17) is 4.74 Å². The van der Waals surface area contributed by atoms with Gasteiger partial charge in [-0.05, 0) is 54.1 Å². The molecule has 0 amide bonds. The van der Waals surface area contributed by atoms with Crippen molar-refractivity contribution in [1.82, 2.24) is 25.1 Å². The number of alkyl halides is 3. The van der Waals surface area contributed by atoms with Crippen molar-refractivity contribution in [3.63, 3.8) is 0 Å². The standard InChI is InChI=1S/C18H24F3N5O/c1-27-12-11-26-17(22-23-24-26)16(25-9-4-2-3-5-10-25)14-7-6-8-15(13-14)18(19,20)21/h6-8,13,16H,2-5,9-12H2,1H3. The molecule has 148 valence electrons. The van der Waals surface area contributed by atoms with Gasteiger partial charge in [0, 0.05) is 7.11 Å². The van der Waals surface area contributed by atoms with Gasteiger partial charge in [-0.2, -0.15) is 13.2 Å². The van der Waals surface area contributed by atoms with Gasteiger partial charge in [-0.3, -0.25) is 4.90 Å². The molecule has 0 N–H and O–H groups in total. The Balaban J connectivity index is 2.01. The fourth-order valence-corrected chi connectivity index (χ4v) is 3.51. The molecular formula is C18H24F3N5O. The van der Waals surface area contributed by atoms with Crippen molar-refractivity contribution in [3.8, 4) is 0 Å². The minimum absolute atomic E-state index is 0.419. The monoisotopic (exact) mass is 383 g/mol. The molecule has 0 bridgehead atoms. The van der Waals surface area contributed by atoms with E-state index in [2.05, 4.69) is 20.4 Å². The Bertz CT molecular complexity index is 726. The molecule has 1 fully saturated rings. The minimum atomic E-state index is -4.39. The Hall–Kier alpha value is -2.00. The highest BCUT2D eigenvalue weighted by Gasteiger charge is 2.33. The Labute approximate surface area is 156 Å². The number of tetrazole rings is 1. The van der Waals surface area contributed by atoms with E-state index in [0.717, 1.165) is 44.8 Å². The number of methoxy groups -OCH3 is 1. The summed E-state index contributed by atoms with van der Waals surface area (Å²) in [4.78, 5) is 2.19. The molecule has 1 atom stereocenters. The first-order valence-corrected chi connectivity index (χ1v) is 9.17. The number of aromatic nitrogens is 4. The molecule has 1 aliphatic rings. The molecular weight excluding hydrogens is 359 g/mol. The second-order valence-corrected chi connectivity index (χ2v) is 6.73. The van der Waals surface area contributed by atoms with E-state index in [1.165, 1.54) is 12.1 Å². The molecule has 2 heterocycles. The topological polar surface area (TPSA) is 56.1 Å². The zero-order valence-corrected chi connectivity index (χ0v) is 15.3. The number of rotatable bonds is 6. The van der Waals surface area contributed by atoms with Crippen LogP contribution in [0.1, 0.15) is 48.7 Å². The van der Waals surface area contributed by atoms with Gasteiger partial charge in [0.25, 0.3) is 0 Å². The Morgan fingerprint density at radius 2 is 1.89 bits per heavy atom. The maximum Gasteiger partial charge on any atom is 0.416 e. The maximum atomic E-state index is 13.3. The molecule has 0 saturated carbocycles. The van der Waals surface area contributed by atoms with Crippen LogP contribution in [0.4, 0.5) is 13.2 Å². The summed E-state index contributed by atoms with van der Waals surface area (Å²) in [6.07, 6.45) is -0.119. The van der Waals surface area contributed by atoms with E-state index < -0.39 is 17.8 Å². The second-order valence-electron chi connectivity index (χ2n) is 6.73. The molecule has 3 rings (SSSR count). The predicted octanol–water partition coefficient (Wildman–Crippen LogP) is 3.30. The summed E-state index contributed by atoms with van der Waals surface area (Å²) in [6.45, 7) is 2.48. The van der Waals surface area contributed by atoms with Crippen molar-refractivity contribution in [3.05, 3.63) is 41.2 Å². The largest absolute Gasteiger partial charge is 0.416 e. The van der Waals surface area contributed by atoms with Gasteiger partial charge in [0.15, 0.2) is 5.82 Å². The Kier molecular flexibility index (Phi) is 6.43. The van der Waals surface area contributed by atoms with Crippen LogP contribution in [-0.4, -0.2) is 51.9 Å². The summed E-state index contributed by atoms with van der Waals surface area (Å²) in [5, 5.41) is 12.0. The van der Waals surface area contributed by atoms with Gasteiger partial charge in [0.2, 0.25) is 0 Å². The predicted molar refractivity (Wildman–Crippen MR) is 93.0 cm³/mol. The lowest BCUT2D eigenvalue weighted by molar-refractivity contribution is -0.137. The maximum absolute atomic E-state index is 13.3. The van der Waals surface area contributed by atoms with E-state index in [1.54, 1.807) is 17.9 Å². The highest BCUT2D eigenvalue weighted by atomic mass is 19.4. The van der Waals surface area contributed by atoms with Gasteiger partial charge in [-0.1, -0.05) is 25.0 Å². The molecule has 6 nitrogen and oxygen atoms in total. The highest BCUT2D eigenvalue weighted by molar-refractivity contribution is 5.31. The lowest BCUT2D eigenvalue weighted by Crippen LogP contribution is -2.33. The summed E-state index contributed by atoms with van der Waals surface area (Å²) in [5.74, 6) is 0.549. The van der Waals surface area contributed by atoms with Crippen LogP contribution in [0.15, 0.2) is 24.3 Å². The van der Waals surface area contributed by atoms with Gasteiger partial charge in [0.05, 0.1) is 24.8 Å². The van der Waals surface area contributed by atoms with Crippen LogP contribution in [0.2, 0.25) is 0 Å². The number of benzene rings is 1. The van der Waals surface area contributed by atoms with E-state index in [-0.39, 0.29) is 0 Å². The lowest BCUT2D eigenvalue weighted by atomic mass is 10.0. The van der Waals surface area contributed by atoms with Gasteiger partial charge in [0.1, 0.15) is 0 Å². The van der Waals surface area contributed by atoms with Crippen molar-refractivity contribution in [1.29, 1.82) is 0 Å². The smallest absolute Gasteiger partial charge is 0.383 e. The number of ether oxygens (including phenoxy) is 1. The fourth-order valence-electron chi connectivity index (χ4n) is 3.51. The van der Waals surface area contributed by atoms with Crippen molar-refractivity contribution in [2.24, 2.45) is 0 Å². The summed E-state index contributed by atoms with van der Waals surface area (Å²) in [7, 11) is 1.59. The van der Waals surface area contributed by atoms with E-state index in [0.29, 0.717) is 24.5 Å². The van der Waals surface area contributed by atoms with Crippen LogP contribution < -0.4 is 0 Å². The third-order valence-corrected chi connectivity index (χ3v) is 4.85. The second kappa shape index (κ2) is 8.79. The lowest BCUT2D eigenvalue weighted by Gasteiger charge is -2.30. The Morgan fingerprint density at radius 1 is 1.15 bits per heavy atom. The van der Waals surface area contributed by atoms with Gasteiger partial charge in [-0.25, -0.2) is 4.68 Å². The zero-order chi connectivity index (χ0) is 19.3. The van der Waals surface area contributed by atoms with Crippen LogP contribution in [-0.2, 0) is 17.5 Å². The van der Waals surface area contributed by atoms with Crippen molar-refractivity contribution >= 4 is 0 Å². The quantitative estimate of drug-likeness (QED) is 0.766. The third-order valence-electron chi connectivity index (χ3n) is 4.85. The van der Waals surface area contributed by atoms with Crippen LogP contribution >= 0.6 is 0 Å². The van der Waals surface area contributed by atoms with Gasteiger partial charge in [-0.15, -0.1) is 5.10 Å². The normalized spacial score (nSPS) is 17.6. The van der Waals surface area contributed by atoms with Crippen molar-refractivity contribution in [2.75, 3.05) is 26.8 Å². The molecule has 0 aliphatic carbocycles. The van der Waals surface area contributed by atoms with Crippen molar-refractivity contribution in [2.45, 2.75) is 44.4 Å². The molecule has 1 unspecified atom stereocenters. The van der Waals surface area contributed by atoms with Crippen LogP contribution in [0.25, 0.3) is 0 Å². The summed E-state index contributed by atoms with van der Waals surface area (Å²) in [6, 6.07) is 5.06. The molecule has 1 saturated heterocycles. The first kappa shape index (κ1) is 19.8. The zero-order valence-electron chi connectivity index (χ0n) is 15.3. The number of hydrogen-bond acceptors (Lipinski definition) is 5. The SMILES string of the molecule is COCCn1nnnc1C(c1cccc(C(F)(F)F)c1)N1CCCCCC1. The first-order chi connectivity index (χ1) is 13.0. The summed E-state index contributed by atoms with van der Waals surface area (Å²) < 4.78 is 46.5. The molecule has 0 radical (unpaired) electrons. The Morgan fingerprint density at radius 3 is 2.56 bits per heavy atom. The van der Waals surface area contributed by atoms with E-state index in [9.17, 15) is 13.2 Å². The molecule has 27 heavy (non-hydrogen) atoms. The number of halogens is 3. The summed E-state index contributed by atoms with van der Waals surface area (Å²) >= 11 is 0. The number of likely N-dealkylation sites (tertiary alicyclic amines) is 1. The van der Waals surface area contributed by atoms with Crippen LogP contribution in [0.5, 0.6) is 0 Å².